The molecular formula is C18H20ClNO4S. The smallest absolute Gasteiger partial charge is 0.280 e. The fourth-order valence-electron chi connectivity index (χ4n) is 3.22. The number of benzene rings is 1. The normalized spacial score (nSPS) is 15.9. The molecule has 1 aliphatic rings. The number of nitrogens with zero attached hydrogens (tertiary/aromatic N) is 1. The van der Waals surface area contributed by atoms with Gasteiger partial charge in [-0.05, 0) is 55.7 Å². The van der Waals surface area contributed by atoms with Crippen molar-refractivity contribution in [1.29, 1.82) is 0 Å². The molecule has 1 aromatic heterocycles. The third-order valence-corrected chi connectivity index (χ3v) is 5.91. The average molecular weight is 382 g/mol. The van der Waals surface area contributed by atoms with Gasteiger partial charge in [-0.25, -0.2) is 0 Å². The molecule has 0 radical (unpaired) electrons. The van der Waals surface area contributed by atoms with Crippen molar-refractivity contribution in [2.45, 2.75) is 49.8 Å². The first-order valence-electron chi connectivity index (χ1n) is 8.31. The summed E-state index contributed by atoms with van der Waals surface area (Å²) in [6.45, 7) is 1.83. The van der Waals surface area contributed by atoms with Crippen molar-refractivity contribution in [3.05, 3.63) is 63.0 Å². The largest absolute Gasteiger partial charge is 0.357 e. The van der Waals surface area contributed by atoms with Gasteiger partial charge in [0, 0.05) is 17.0 Å². The van der Waals surface area contributed by atoms with E-state index in [2.05, 4.69) is 0 Å². The molecule has 25 heavy (non-hydrogen) atoms. The van der Waals surface area contributed by atoms with Crippen molar-refractivity contribution < 1.29 is 12.7 Å². The van der Waals surface area contributed by atoms with E-state index < -0.39 is 15.7 Å². The predicted molar refractivity (Wildman–Crippen MR) is 96.5 cm³/mol. The Bertz CT molecular complexity index is 913. The Kier molecular flexibility index (Phi) is 5.20. The number of hydrogen-bond donors (Lipinski definition) is 0. The van der Waals surface area contributed by atoms with Gasteiger partial charge in [0.2, 0.25) is 0 Å². The van der Waals surface area contributed by atoms with E-state index in [0.717, 1.165) is 42.4 Å². The van der Waals surface area contributed by atoms with E-state index in [4.69, 9.17) is 15.9 Å². The van der Waals surface area contributed by atoms with Gasteiger partial charge in [-0.1, -0.05) is 30.9 Å². The summed E-state index contributed by atoms with van der Waals surface area (Å²) >= 11 is 5.80. The molecule has 0 amide bonds. The van der Waals surface area contributed by atoms with Crippen molar-refractivity contribution >= 4 is 21.7 Å². The first-order valence-corrected chi connectivity index (χ1v) is 10.1. The van der Waals surface area contributed by atoms with E-state index in [0.29, 0.717) is 10.7 Å². The SMILES string of the molecule is Cc1cc(C2CCCCC2)n(OS(=O)(=O)c2ccc(Cl)cc2)c(=O)c1. The molecule has 1 heterocycles. The highest BCUT2D eigenvalue weighted by Gasteiger charge is 2.24. The van der Waals surface area contributed by atoms with Crippen molar-refractivity contribution in [2.75, 3.05) is 0 Å². The number of rotatable bonds is 4. The topological polar surface area (TPSA) is 65.4 Å². The molecule has 0 saturated heterocycles. The van der Waals surface area contributed by atoms with Crippen LogP contribution in [-0.2, 0) is 10.1 Å². The molecule has 0 atom stereocenters. The van der Waals surface area contributed by atoms with E-state index in [1.807, 2.05) is 13.0 Å². The number of pyridine rings is 1. The molecule has 2 aromatic rings. The Morgan fingerprint density at radius 2 is 1.72 bits per heavy atom. The van der Waals surface area contributed by atoms with Crippen LogP contribution in [0.4, 0.5) is 0 Å². The van der Waals surface area contributed by atoms with E-state index in [1.165, 1.54) is 30.3 Å². The monoisotopic (exact) mass is 381 g/mol. The Hall–Kier alpha value is -1.79. The first kappa shape index (κ1) is 18.0. The molecule has 0 bridgehead atoms. The second kappa shape index (κ2) is 7.22. The molecule has 1 saturated carbocycles. The fourth-order valence-corrected chi connectivity index (χ4v) is 4.26. The lowest BCUT2D eigenvalue weighted by Crippen LogP contribution is -2.34. The van der Waals surface area contributed by atoms with E-state index in [9.17, 15) is 13.2 Å². The number of aryl methyl sites for hydroxylation is 1. The maximum absolute atomic E-state index is 12.6. The molecule has 1 aliphatic carbocycles. The van der Waals surface area contributed by atoms with Crippen LogP contribution in [0.2, 0.25) is 5.02 Å². The van der Waals surface area contributed by atoms with Crippen LogP contribution in [-0.4, -0.2) is 13.1 Å². The summed E-state index contributed by atoms with van der Waals surface area (Å²) in [5, 5.41) is 0.425. The zero-order valence-electron chi connectivity index (χ0n) is 13.9. The van der Waals surface area contributed by atoms with Crippen molar-refractivity contribution in [3.63, 3.8) is 0 Å². The Balaban J connectivity index is 2.01. The second-order valence-corrected chi connectivity index (χ2v) is 8.37. The molecule has 0 unspecified atom stereocenters. The average Bonchev–Trinajstić information content (AvgIpc) is 2.58. The minimum Gasteiger partial charge on any atom is -0.280 e. The summed E-state index contributed by atoms with van der Waals surface area (Å²) in [7, 11) is -4.12. The van der Waals surface area contributed by atoms with Crippen LogP contribution in [0.3, 0.4) is 0 Å². The van der Waals surface area contributed by atoms with Crippen molar-refractivity contribution in [3.8, 4) is 0 Å². The molecule has 1 fully saturated rings. The van der Waals surface area contributed by atoms with Gasteiger partial charge in [0.1, 0.15) is 4.90 Å². The fraction of sp³-hybridized carbons (Fsp3) is 0.389. The first-order chi connectivity index (χ1) is 11.9. The van der Waals surface area contributed by atoms with E-state index in [1.54, 1.807) is 0 Å². The minimum absolute atomic E-state index is 0.0426. The van der Waals surface area contributed by atoms with Crippen LogP contribution in [0.15, 0.2) is 46.1 Å². The lowest BCUT2D eigenvalue weighted by atomic mass is 9.86. The molecule has 5 nitrogen and oxygen atoms in total. The van der Waals surface area contributed by atoms with Crippen molar-refractivity contribution in [2.24, 2.45) is 0 Å². The van der Waals surface area contributed by atoms with Gasteiger partial charge in [-0.2, -0.15) is 8.42 Å². The zero-order chi connectivity index (χ0) is 18.0. The highest BCUT2D eigenvalue weighted by molar-refractivity contribution is 7.87. The molecule has 1 aromatic carbocycles. The number of aromatic nitrogens is 1. The van der Waals surface area contributed by atoms with Crippen LogP contribution in [0.1, 0.15) is 49.3 Å². The Labute approximate surface area is 152 Å². The van der Waals surface area contributed by atoms with Gasteiger partial charge >= 0.3 is 10.1 Å². The van der Waals surface area contributed by atoms with Gasteiger partial charge in [-0.3, -0.25) is 9.08 Å². The van der Waals surface area contributed by atoms with E-state index >= 15 is 0 Å². The minimum atomic E-state index is -4.12. The van der Waals surface area contributed by atoms with Gasteiger partial charge in [-0.15, -0.1) is 4.73 Å². The Morgan fingerprint density at radius 1 is 1.08 bits per heavy atom. The molecule has 3 rings (SSSR count). The molecule has 0 aliphatic heterocycles. The summed E-state index contributed by atoms with van der Waals surface area (Å²) in [5.41, 5.74) is 0.953. The molecule has 0 N–H and O–H groups in total. The summed E-state index contributed by atoms with van der Waals surface area (Å²) in [6.07, 6.45) is 5.14. The van der Waals surface area contributed by atoms with Gasteiger partial charge < -0.3 is 0 Å². The van der Waals surface area contributed by atoms with Crippen LogP contribution in [0, 0.1) is 6.92 Å². The second-order valence-electron chi connectivity index (χ2n) is 6.41. The highest BCUT2D eigenvalue weighted by Crippen LogP contribution is 2.32. The zero-order valence-corrected chi connectivity index (χ0v) is 15.5. The molecule has 0 spiro atoms. The maximum atomic E-state index is 12.6. The lowest BCUT2D eigenvalue weighted by Gasteiger charge is -2.24. The van der Waals surface area contributed by atoms with Crippen LogP contribution in [0.25, 0.3) is 0 Å². The summed E-state index contributed by atoms with van der Waals surface area (Å²) in [6, 6.07) is 8.88. The molecular weight excluding hydrogens is 362 g/mol. The lowest BCUT2D eigenvalue weighted by molar-refractivity contribution is 0.241. The third kappa shape index (κ3) is 4.07. The van der Waals surface area contributed by atoms with Gasteiger partial charge in [0.25, 0.3) is 5.56 Å². The Morgan fingerprint density at radius 3 is 2.36 bits per heavy atom. The van der Waals surface area contributed by atoms with Crippen molar-refractivity contribution in [1.82, 2.24) is 4.73 Å². The molecule has 7 heteroatoms. The van der Waals surface area contributed by atoms with Crippen LogP contribution < -0.4 is 9.84 Å². The quantitative estimate of drug-likeness (QED) is 0.810. The summed E-state index contributed by atoms with van der Waals surface area (Å²) < 4.78 is 31.3. The standard InChI is InChI=1S/C18H20ClNO4S/c1-13-11-17(14-5-3-2-4-6-14)20(18(21)12-13)24-25(22,23)16-9-7-15(19)8-10-16/h7-12,14H,2-6H2,1H3. The van der Waals surface area contributed by atoms with Gasteiger partial charge in [0.15, 0.2) is 0 Å². The van der Waals surface area contributed by atoms with E-state index in [-0.39, 0.29) is 10.8 Å². The summed E-state index contributed by atoms with van der Waals surface area (Å²) in [5.74, 6) is 0.127. The number of halogens is 1. The van der Waals surface area contributed by atoms with Crippen LogP contribution in [0.5, 0.6) is 0 Å². The maximum Gasteiger partial charge on any atom is 0.357 e. The summed E-state index contributed by atoms with van der Waals surface area (Å²) in [4.78, 5) is 12.4. The predicted octanol–water partition coefficient (Wildman–Crippen LogP) is 3.68. The third-order valence-electron chi connectivity index (χ3n) is 4.46. The van der Waals surface area contributed by atoms with Crippen LogP contribution >= 0.6 is 11.6 Å². The van der Waals surface area contributed by atoms with Gasteiger partial charge in [0.05, 0.1) is 5.69 Å². The number of hydrogen-bond acceptors (Lipinski definition) is 4. The molecule has 134 valence electrons. The highest BCUT2D eigenvalue weighted by atomic mass is 35.5.